The third kappa shape index (κ3) is 3.90. The van der Waals surface area contributed by atoms with E-state index in [1.807, 2.05) is 0 Å². The zero-order valence-corrected chi connectivity index (χ0v) is 15.7. The maximum atomic E-state index is 5.46. The standard InChI is InChI=1S/C18H28N2O3.ClH/c1-21-15-10-14(11-16(22-2)17(15)23-3)12-20-9-6-18(13-20)4-7-19-8-5-18;/h10-11,19H,4-9,12-13H2,1-3H3;1H. The molecule has 5 nitrogen and oxygen atoms in total. The Labute approximate surface area is 151 Å². The highest BCUT2D eigenvalue weighted by Crippen LogP contribution is 2.41. The first-order chi connectivity index (χ1) is 11.2. The number of rotatable bonds is 5. The van der Waals surface area contributed by atoms with Crippen molar-refractivity contribution in [2.75, 3.05) is 47.5 Å². The van der Waals surface area contributed by atoms with Crippen LogP contribution in [0.1, 0.15) is 24.8 Å². The molecule has 24 heavy (non-hydrogen) atoms. The third-order valence-electron chi connectivity index (χ3n) is 5.31. The van der Waals surface area contributed by atoms with Crippen LogP contribution >= 0.6 is 12.4 Å². The van der Waals surface area contributed by atoms with E-state index in [1.165, 1.54) is 37.9 Å². The topological polar surface area (TPSA) is 43.0 Å². The monoisotopic (exact) mass is 356 g/mol. The van der Waals surface area contributed by atoms with Crippen molar-refractivity contribution in [3.8, 4) is 17.2 Å². The van der Waals surface area contributed by atoms with Gasteiger partial charge in [0, 0.05) is 13.1 Å². The van der Waals surface area contributed by atoms with Gasteiger partial charge in [0.05, 0.1) is 21.3 Å². The Hall–Kier alpha value is -1.17. The molecule has 1 N–H and O–H groups in total. The molecule has 3 rings (SSSR count). The van der Waals surface area contributed by atoms with Crippen molar-refractivity contribution >= 4 is 12.4 Å². The van der Waals surface area contributed by atoms with E-state index in [-0.39, 0.29) is 12.4 Å². The minimum absolute atomic E-state index is 0. The first-order valence-corrected chi connectivity index (χ1v) is 8.42. The number of piperidine rings is 1. The van der Waals surface area contributed by atoms with Gasteiger partial charge in [0.25, 0.3) is 0 Å². The molecule has 2 aliphatic rings. The van der Waals surface area contributed by atoms with Gasteiger partial charge in [-0.2, -0.15) is 0 Å². The van der Waals surface area contributed by atoms with E-state index < -0.39 is 0 Å². The van der Waals surface area contributed by atoms with E-state index in [2.05, 4.69) is 22.3 Å². The quantitative estimate of drug-likeness (QED) is 0.878. The summed E-state index contributed by atoms with van der Waals surface area (Å²) in [6.07, 6.45) is 3.93. The molecule has 136 valence electrons. The van der Waals surface area contributed by atoms with Gasteiger partial charge in [0.2, 0.25) is 5.75 Å². The Morgan fingerprint density at radius 1 is 1.00 bits per heavy atom. The second-order valence-corrected chi connectivity index (χ2v) is 6.74. The summed E-state index contributed by atoms with van der Waals surface area (Å²) in [6, 6.07) is 4.13. The molecule has 0 unspecified atom stereocenters. The number of ether oxygens (including phenoxy) is 3. The first kappa shape index (κ1) is 19.2. The second-order valence-electron chi connectivity index (χ2n) is 6.74. The van der Waals surface area contributed by atoms with Crippen LogP contribution in [0.25, 0.3) is 0 Å². The largest absolute Gasteiger partial charge is 0.493 e. The van der Waals surface area contributed by atoms with Gasteiger partial charge < -0.3 is 19.5 Å². The molecule has 2 aliphatic heterocycles. The maximum Gasteiger partial charge on any atom is 0.203 e. The van der Waals surface area contributed by atoms with Crippen molar-refractivity contribution in [3.05, 3.63) is 17.7 Å². The van der Waals surface area contributed by atoms with E-state index in [4.69, 9.17) is 14.2 Å². The molecule has 1 aromatic rings. The summed E-state index contributed by atoms with van der Waals surface area (Å²) in [5.41, 5.74) is 1.75. The molecule has 1 aromatic carbocycles. The summed E-state index contributed by atoms with van der Waals surface area (Å²) in [5.74, 6) is 2.13. The normalized spacial score (nSPS) is 19.8. The number of hydrogen-bond donors (Lipinski definition) is 1. The van der Waals surface area contributed by atoms with Crippen LogP contribution in [0.4, 0.5) is 0 Å². The van der Waals surface area contributed by atoms with Gasteiger partial charge in [-0.1, -0.05) is 0 Å². The highest BCUT2D eigenvalue weighted by molar-refractivity contribution is 5.85. The molecular weight excluding hydrogens is 328 g/mol. The molecular formula is C18H29ClN2O3. The zero-order chi connectivity index (χ0) is 16.3. The van der Waals surface area contributed by atoms with Gasteiger partial charge in [0.15, 0.2) is 11.5 Å². The van der Waals surface area contributed by atoms with Crippen molar-refractivity contribution in [2.45, 2.75) is 25.8 Å². The average Bonchev–Trinajstić information content (AvgIpc) is 2.96. The molecule has 0 aliphatic carbocycles. The summed E-state index contributed by atoms with van der Waals surface area (Å²) >= 11 is 0. The van der Waals surface area contributed by atoms with E-state index in [0.29, 0.717) is 11.2 Å². The fourth-order valence-corrected chi connectivity index (χ4v) is 4.01. The Balaban J connectivity index is 0.00000208. The van der Waals surface area contributed by atoms with E-state index in [0.717, 1.165) is 31.1 Å². The Kier molecular flexibility index (Phi) is 6.61. The minimum atomic E-state index is 0. The predicted molar refractivity (Wildman–Crippen MR) is 97.8 cm³/mol. The first-order valence-electron chi connectivity index (χ1n) is 8.42. The number of benzene rings is 1. The van der Waals surface area contributed by atoms with E-state index >= 15 is 0 Å². The molecule has 2 heterocycles. The second kappa shape index (κ2) is 8.28. The lowest BCUT2D eigenvalue weighted by molar-refractivity contribution is 0.194. The Morgan fingerprint density at radius 3 is 2.17 bits per heavy atom. The lowest BCUT2D eigenvalue weighted by Gasteiger charge is -2.34. The molecule has 0 bridgehead atoms. The van der Waals surface area contributed by atoms with Gasteiger partial charge in [-0.05, 0) is 62.0 Å². The smallest absolute Gasteiger partial charge is 0.203 e. The highest BCUT2D eigenvalue weighted by atomic mass is 35.5. The van der Waals surface area contributed by atoms with Crippen LogP contribution in [0.15, 0.2) is 12.1 Å². The summed E-state index contributed by atoms with van der Waals surface area (Å²) in [5, 5.41) is 3.48. The molecule has 0 radical (unpaired) electrons. The number of nitrogens with one attached hydrogen (secondary N) is 1. The Morgan fingerprint density at radius 2 is 1.62 bits per heavy atom. The summed E-state index contributed by atoms with van der Waals surface area (Å²) in [7, 11) is 4.98. The van der Waals surface area contributed by atoms with Crippen molar-refractivity contribution in [3.63, 3.8) is 0 Å². The fourth-order valence-electron chi connectivity index (χ4n) is 4.01. The van der Waals surface area contributed by atoms with Crippen molar-refractivity contribution in [2.24, 2.45) is 5.41 Å². The minimum Gasteiger partial charge on any atom is -0.493 e. The number of likely N-dealkylation sites (tertiary alicyclic amines) is 1. The van der Waals surface area contributed by atoms with Crippen molar-refractivity contribution in [1.29, 1.82) is 0 Å². The molecule has 6 heteroatoms. The van der Waals surface area contributed by atoms with Crippen LogP contribution in [0, 0.1) is 5.41 Å². The molecule has 1 spiro atoms. The van der Waals surface area contributed by atoms with Gasteiger partial charge in [-0.25, -0.2) is 0 Å². The van der Waals surface area contributed by atoms with E-state index in [9.17, 15) is 0 Å². The summed E-state index contributed by atoms with van der Waals surface area (Å²) in [4.78, 5) is 2.56. The molecule has 2 fully saturated rings. The van der Waals surface area contributed by atoms with Gasteiger partial charge in [-0.15, -0.1) is 12.4 Å². The lowest BCUT2D eigenvalue weighted by Crippen LogP contribution is -2.38. The lowest BCUT2D eigenvalue weighted by atomic mass is 9.78. The molecule has 2 saturated heterocycles. The van der Waals surface area contributed by atoms with E-state index in [1.54, 1.807) is 21.3 Å². The van der Waals surface area contributed by atoms with Gasteiger partial charge in [-0.3, -0.25) is 4.90 Å². The van der Waals surface area contributed by atoms with Crippen LogP contribution in [-0.2, 0) is 6.54 Å². The summed E-state index contributed by atoms with van der Waals surface area (Å²) in [6.45, 7) is 5.64. The zero-order valence-electron chi connectivity index (χ0n) is 14.9. The molecule has 0 atom stereocenters. The maximum absolute atomic E-state index is 5.46. The number of halogens is 1. The van der Waals surface area contributed by atoms with Crippen LogP contribution in [0.2, 0.25) is 0 Å². The van der Waals surface area contributed by atoms with Gasteiger partial charge in [0.1, 0.15) is 0 Å². The van der Waals surface area contributed by atoms with Crippen molar-refractivity contribution < 1.29 is 14.2 Å². The molecule has 0 saturated carbocycles. The SMILES string of the molecule is COc1cc(CN2CCC3(CCNCC3)C2)cc(OC)c1OC.Cl. The van der Waals surface area contributed by atoms with Crippen LogP contribution < -0.4 is 19.5 Å². The van der Waals surface area contributed by atoms with Crippen molar-refractivity contribution in [1.82, 2.24) is 10.2 Å². The predicted octanol–water partition coefficient (Wildman–Crippen LogP) is 2.71. The fraction of sp³-hybridized carbons (Fsp3) is 0.667. The van der Waals surface area contributed by atoms with Crippen LogP contribution in [-0.4, -0.2) is 52.4 Å². The average molecular weight is 357 g/mol. The Bertz CT molecular complexity index is 522. The highest BCUT2D eigenvalue weighted by Gasteiger charge is 2.38. The third-order valence-corrected chi connectivity index (χ3v) is 5.31. The number of hydrogen-bond acceptors (Lipinski definition) is 5. The molecule has 0 aromatic heterocycles. The molecule has 0 amide bonds. The number of nitrogens with zero attached hydrogens (tertiary/aromatic N) is 1. The van der Waals surface area contributed by atoms with Crippen LogP contribution in [0.3, 0.4) is 0 Å². The summed E-state index contributed by atoms with van der Waals surface area (Å²) < 4.78 is 16.3. The van der Waals surface area contributed by atoms with Gasteiger partial charge >= 0.3 is 0 Å². The van der Waals surface area contributed by atoms with Crippen LogP contribution in [0.5, 0.6) is 17.2 Å². The number of methoxy groups -OCH3 is 3.